The minimum absolute atomic E-state index is 0.0406. The molecule has 0 aliphatic carbocycles. The van der Waals surface area contributed by atoms with Crippen LogP contribution in [-0.4, -0.2) is 11.8 Å². The number of aliphatic imine (C=N–C) groups is 1. The predicted molar refractivity (Wildman–Crippen MR) is 62.4 cm³/mol. The topological polar surface area (TPSA) is 24.4 Å². The van der Waals surface area contributed by atoms with E-state index in [1.165, 1.54) is 12.8 Å². The maximum Gasteiger partial charge on any atom is 0.0724 e. The minimum atomic E-state index is 0.0406. The first-order chi connectivity index (χ1) is 6.64. The average Bonchev–Trinajstić information content (AvgIpc) is 2.19. The second-order valence-electron chi connectivity index (χ2n) is 4.42. The molecular formula is C12H22N2. The van der Waals surface area contributed by atoms with E-state index >= 15 is 0 Å². The summed E-state index contributed by atoms with van der Waals surface area (Å²) in [4.78, 5) is 4.25. The van der Waals surface area contributed by atoms with Crippen LogP contribution in [0.2, 0.25) is 0 Å². The van der Waals surface area contributed by atoms with E-state index in [0.717, 1.165) is 5.92 Å². The van der Waals surface area contributed by atoms with Gasteiger partial charge in [-0.15, -0.1) is 0 Å². The van der Waals surface area contributed by atoms with Gasteiger partial charge in [0.25, 0.3) is 0 Å². The number of nitrogens with one attached hydrogen (secondary N) is 1. The third-order valence-corrected chi connectivity index (χ3v) is 3.44. The van der Waals surface area contributed by atoms with Crippen LogP contribution in [0.1, 0.15) is 40.5 Å². The van der Waals surface area contributed by atoms with Crippen LogP contribution < -0.4 is 5.32 Å². The first-order valence-electron chi connectivity index (χ1n) is 5.61. The van der Waals surface area contributed by atoms with Crippen molar-refractivity contribution in [3.05, 3.63) is 12.4 Å². The lowest BCUT2D eigenvalue weighted by atomic mass is 9.75. The van der Waals surface area contributed by atoms with Gasteiger partial charge in [0, 0.05) is 18.6 Å². The van der Waals surface area contributed by atoms with Crippen LogP contribution >= 0.6 is 0 Å². The Hall–Kier alpha value is -0.790. The van der Waals surface area contributed by atoms with E-state index in [4.69, 9.17) is 0 Å². The zero-order valence-corrected chi connectivity index (χ0v) is 9.75. The van der Waals surface area contributed by atoms with Crippen molar-refractivity contribution < 1.29 is 0 Å². The molecule has 3 unspecified atom stereocenters. The van der Waals surface area contributed by atoms with E-state index < -0.39 is 0 Å². The highest BCUT2D eigenvalue weighted by Gasteiger charge is 2.34. The number of hydrogen-bond donors (Lipinski definition) is 1. The number of hydrogen-bond acceptors (Lipinski definition) is 2. The smallest absolute Gasteiger partial charge is 0.0724 e. The number of rotatable bonds is 4. The Kier molecular flexibility index (Phi) is 3.73. The van der Waals surface area contributed by atoms with Crippen LogP contribution in [0.3, 0.4) is 0 Å². The standard InChI is InChI=1S/C12H22N2/c1-5-10(3)11(6-2)12(4)9-13-7-8-14-12/h7-11,14H,5-6H2,1-4H3. The van der Waals surface area contributed by atoms with Crippen molar-refractivity contribution in [1.82, 2.24) is 5.32 Å². The van der Waals surface area contributed by atoms with E-state index in [0.29, 0.717) is 5.92 Å². The van der Waals surface area contributed by atoms with Gasteiger partial charge in [-0.1, -0.05) is 33.6 Å². The van der Waals surface area contributed by atoms with Gasteiger partial charge in [-0.05, 0) is 18.8 Å². The highest BCUT2D eigenvalue weighted by atomic mass is 15.0. The fourth-order valence-electron chi connectivity index (χ4n) is 2.40. The Morgan fingerprint density at radius 1 is 1.36 bits per heavy atom. The van der Waals surface area contributed by atoms with Crippen LogP contribution in [0.15, 0.2) is 17.4 Å². The Morgan fingerprint density at radius 2 is 2.07 bits per heavy atom. The minimum Gasteiger partial charge on any atom is -0.379 e. The molecule has 0 saturated heterocycles. The van der Waals surface area contributed by atoms with Crippen molar-refractivity contribution >= 4 is 6.21 Å². The summed E-state index contributed by atoms with van der Waals surface area (Å²) in [7, 11) is 0. The maximum absolute atomic E-state index is 4.25. The molecular weight excluding hydrogens is 172 g/mol. The molecule has 0 radical (unpaired) electrons. The molecule has 2 heteroatoms. The quantitative estimate of drug-likeness (QED) is 0.731. The van der Waals surface area contributed by atoms with E-state index in [2.05, 4.69) is 38.0 Å². The fraction of sp³-hybridized carbons (Fsp3) is 0.750. The van der Waals surface area contributed by atoms with Gasteiger partial charge in [-0.3, -0.25) is 4.99 Å². The first-order valence-corrected chi connectivity index (χ1v) is 5.61. The molecule has 1 N–H and O–H groups in total. The molecule has 2 nitrogen and oxygen atoms in total. The highest BCUT2D eigenvalue weighted by Crippen LogP contribution is 2.29. The van der Waals surface area contributed by atoms with Crippen molar-refractivity contribution in [2.45, 2.75) is 46.1 Å². The lowest BCUT2D eigenvalue weighted by molar-refractivity contribution is 0.235. The zero-order valence-electron chi connectivity index (χ0n) is 9.75. The van der Waals surface area contributed by atoms with Gasteiger partial charge in [0.05, 0.1) is 5.54 Å². The summed E-state index contributed by atoms with van der Waals surface area (Å²) in [6.07, 6.45) is 8.23. The molecule has 0 saturated carbocycles. The predicted octanol–water partition coefficient (Wildman–Crippen LogP) is 2.96. The van der Waals surface area contributed by atoms with Crippen molar-refractivity contribution in [3.8, 4) is 0 Å². The van der Waals surface area contributed by atoms with E-state index in [1.807, 2.05) is 18.6 Å². The van der Waals surface area contributed by atoms with Gasteiger partial charge in [0.15, 0.2) is 0 Å². The molecule has 0 spiro atoms. The van der Waals surface area contributed by atoms with Crippen LogP contribution in [0, 0.1) is 11.8 Å². The van der Waals surface area contributed by atoms with Gasteiger partial charge in [-0.2, -0.15) is 0 Å². The second-order valence-corrected chi connectivity index (χ2v) is 4.42. The average molecular weight is 194 g/mol. The molecule has 14 heavy (non-hydrogen) atoms. The van der Waals surface area contributed by atoms with Crippen LogP contribution in [-0.2, 0) is 0 Å². The maximum atomic E-state index is 4.25. The summed E-state index contributed by atoms with van der Waals surface area (Å²) < 4.78 is 0. The van der Waals surface area contributed by atoms with Gasteiger partial charge >= 0.3 is 0 Å². The monoisotopic (exact) mass is 194 g/mol. The molecule has 1 aliphatic rings. The summed E-state index contributed by atoms with van der Waals surface area (Å²) >= 11 is 0. The third-order valence-electron chi connectivity index (χ3n) is 3.44. The fourth-order valence-corrected chi connectivity index (χ4v) is 2.40. The van der Waals surface area contributed by atoms with Crippen LogP contribution in [0.4, 0.5) is 0 Å². The normalized spacial score (nSPS) is 29.7. The van der Waals surface area contributed by atoms with Crippen molar-refractivity contribution in [3.63, 3.8) is 0 Å². The molecule has 0 fully saturated rings. The Labute approximate surface area is 87.5 Å². The molecule has 0 aromatic rings. The SMILES string of the molecule is CCC(C)C(CC)C1(C)C=NC=CN1. The summed E-state index contributed by atoms with van der Waals surface area (Å²) in [6, 6.07) is 0. The van der Waals surface area contributed by atoms with Crippen molar-refractivity contribution in [2.75, 3.05) is 0 Å². The summed E-state index contributed by atoms with van der Waals surface area (Å²) in [6.45, 7) is 9.08. The molecule has 1 aliphatic heterocycles. The van der Waals surface area contributed by atoms with Gasteiger partial charge in [0.2, 0.25) is 0 Å². The van der Waals surface area contributed by atoms with E-state index in [9.17, 15) is 0 Å². The third kappa shape index (κ3) is 2.17. The van der Waals surface area contributed by atoms with Crippen molar-refractivity contribution in [2.24, 2.45) is 16.8 Å². The Balaban J connectivity index is 2.77. The van der Waals surface area contributed by atoms with Gasteiger partial charge in [-0.25, -0.2) is 0 Å². The first kappa shape index (κ1) is 11.3. The molecule has 1 rings (SSSR count). The summed E-state index contributed by atoms with van der Waals surface area (Å²) in [5, 5.41) is 3.43. The Bertz CT molecular complexity index is 232. The molecule has 0 amide bonds. The van der Waals surface area contributed by atoms with Crippen molar-refractivity contribution in [1.29, 1.82) is 0 Å². The molecule has 0 bridgehead atoms. The van der Waals surface area contributed by atoms with Gasteiger partial charge < -0.3 is 5.32 Å². The van der Waals surface area contributed by atoms with Gasteiger partial charge in [0.1, 0.15) is 0 Å². The summed E-state index contributed by atoms with van der Waals surface area (Å²) in [5.41, 5.74) is 0.0406. The van der Waals surface area contributed by atoms with Crippen LogP contribution in [0.5, 0.6) is 0 Å². The lowest BCUT2D eigenvalue weighted by Gasteiger charge is -2.39. The van der Waals surface area contributed by atoms with E-state index in [-0.39, 0.29) is 5.54 Å². The molecule has 0 aromatic heterocycles. The lowest BCUT2D eigenvalue weighted by Crippen LogP contribution is -2.50. The molecule has 0 aromatic carbocycles. The molecule has 3 atom stereocenters. The Morgan fingerprint density at radius 3 is 2.50 bits per heavy atom. The highest BCUT2D eigenvalue weighted by molar-refractivity contribution is 5.72. The summed E-state index contributed by atoms with van der Waals surface area (Å²) in [5.74, 6) is 1.39. The molecule has 1 heterocycles. The number of nitrogens with zero attached hydrogens (tertiary/aromatic N) is 1. The molecule has 80 valence electrons. The second kappa shape index (κ2) is 4.63. The van der Waals surface area contributed by atoms with Crippen LogP contribution in [0.25, 0.3) is 0 Å². The van der Waals surface area contributed by atoms with E-state index in [1.54, 1.807) is 0 Å². The zero-order chi connectivity index (χ0) is 10.6. The largest absolute Gasteiger partial charge is 0.379 e.